The minimum Gasteiger partial charge on any atom is -0.490 e. The molecule has 6 nitrogen and oxygen atoms in total. The van der Waals surface area contributed by atoms with E-state index in [0.29, 0.717) is 6.54 Å². The second kappa shape index (κ2) is 9.21. The van der Waals surface area contributed by atoms with Gasteiger partial charge in [-0.15, -0.1) is 0 Å². The van der Waals surface area contributed by atoms with Crippen LogP contribution in [0, 0.1) is 9.49 Å². The summed E-state index contributed by atoms with van der Waals surface area (Å²) in [7, 11) is -1.03. The Labute approximate surface area is 187 Å². The number of ether oxygens (including phenoxy) is 2. The average Bonchev–Trinajstić information content (AvgIpc) is 3.14. The number of benzene rings is 1. The van der Waals surface area contributed by atoms with Crippen molar-refractivity contribution in [3.05, 3.63) is 27.3 Å². The highest BCUT2D eigenvalue weighted by molar-refractivity contribution is 14.1. The standard InChI is InChI=1S/C21H32INO5Si/c1-13-20(27-2)16-10-14(22)7-8-17(16)28-21(13)18(29(3,4)26)11-19(25)23-9-5-6-15(23)12-24/h7-8,10,13,15,18,20-21,24,26H,5-6,9,11-12H2,1-4H3/t13-,15+,18?,20-,21-/m1/s1. The average molecular weight is 533 g/mol. The minimum atomic E-state index is -2.73. The summed E-state index contributed by atoms with van der Waals surface area (Å²) >= 11 is 2.28. The predicted octanol–water partition coefficient (Wildman–Crippen LogP) is 3.32. The number of aliphatic hydroxyl groups is 1. The molecule has 0 bridgehead atoms. The van der Waals surface area contributed by atoms with Gasteiger partial charge in [0.1, 0.15) is 11.9 Å². The number of hydrogen-bond acceptors (Lipinski definition) is 5. The molecule has 0 spiro atoms. The minimum absolute atomic E-state index is 0.000603. The van der Waals surface area contributed by atoms with Crippen LogP contribution in [-0.2, 0) is 9.53 Å². The van der Waals surface area contributed by atoms with Gasteiger partial charge in [-0.2, -0.15) is 0 Å². The zero-order valence-electron chi connectivity index (χ0n) is 17.6. The monoisotopic (exact) mass is 533 g/mol. The van der Waals surface area contributed by atoms with Crippen LogP contribution in [-0.4, -0.2) is 61.4 Å². The number of amides is 1. The van der Waals surface area contributed by atoms with Gasteiger partial charge >= 0.3 is 0 Å². The Balaban J connectivity index is 1.89. The van der Waals surface area contributed by atoms with Gasteiger partial charge in [0, 0.05) is 40.7 Å². The Morgan fingerprint density at radius 1 is 1.45 bits per heavy atom. The smallest absolute Gasteiger partial charge is 0.223 e. The van der Waals surface area contributed by atoms with Gasteiger partial charge < -0.3 is 24.3 Å². The summed E-state index contributed by atoms with van der Waals surface area (Å²) in [6.45, 7) is 6.49. The number of carbonyl (C=O) groups excluding carboxylic acids is 1. The van der Waals surface area contributed by atoms with Crippen molar-refractivity contribution in [2.24, 2.45) is 5.92 Å². The number of rotatable bonds is 6. The van der Waals surface area contributed by atoms with Crippen LogP contribution in [0.2, 0.25) is 18.6 Å². The Morgan fingerprint density at radius 2 is 2.17 bits per heavy atom. The summed E-state index contributed by atoms with van der Waals surface area (Å²) < 4.78 is 13.4. The van der Waals surface area contributed by atoms with Crippen LogP contribution in [0.15, 0.2) is 18.2 Å². The predicted molar refractivity (Wildman–Crippen MR) is 122 cm³/mol. The van der Waals surface area contributed by atoms with Crippen molar-refractivity contribution in [3.63, 3.8) is 0 Å². The molecular weight excluding hydrogens is 501 g/mol. The molecule has 1 aromatic rings. The molecule has 0 saturated carbocycles. The SMILES string of the molecule is CO[C@H]1c2cc(I)ccc2O[C@@H](C(CC(=O)N2CCC[C@H]2CO)[Si](C)(C)O)[C@@H]1C. The largest absolute Gasteiger partial charge is 0.490 e. The van der Waals surface area contributed by atoms with E-state index < -0.39 is 8.32 Å². The third-order valence-corrected chi connectivity index (χ3v) is 9.42. The number of carbonyl (C=O) groups is 1. The molecule has 1 unspecified atom stereocenters. The molecule has 0 aromatic heterocycles. The van der Waals surface area contributed by atoms with E-state index in [1.807, 2.05) is 25.2 Å². The Bertz CT molecular complexity index is 740. The van der Waals surface area contributed by atoms with Crippen LogP contribution in [0.4, 0.5) is 0 Å². The Kier molecular flexibility index (Phi) is 7.30. The number of likely N-dealkylation sites (tertiary alicyclic amines) is 1. The molecule has 1 fully saturated rings. The maximum atomic E-state index is 13.1. The molecule has 3 rings (SSSR count). The highest BCUT2D eigenvalue weighted by Crippen LogP contribution is 2.47. The van der Waals surface area contributed by atoms with E-state index in [1.165, 1.54) is 0 Å². The third-order valence-electron chi connectivity index (χ3n) is 6.40. The van der Waals surface area contributed by atoms with E-state index >= 15 is 0 Å². The zero-order valence-corrected chi connectivity index (χ0v) is 20.8. The summed E-state index contributed by atoms with van der Waals surface area (Å²) in [5, 5.41) is 9.59. The first-order chi connectivity index (χ1) is 13.7. The van der Waals surface area contributed by atoms with Gasteiger partial charge in [-0.25, -0.2) is 0 Å². The maximum absolute atomic E-state index is 13.1. The fourth-order valence-corrected chi connectivity index (χ4v) is 7.14. The number of nitrogens with zero attached hydrogens (tertiary/aromatic N) is 1. The maximum Gasteiger partial charge on any atom is 0.223 e. The molecular formula is C21H32INO5Si. The second-order valence-electron chi connectivity index (χ2n) is 8.81. The molecule has 0 aliphatic carbocycles. The topological polar surface area (TPSA) is 79.2 Å². The third kappa shape index (κ3) is 4.81. The first-order valence-corrected chi connectivity index (χ1v) is 14.4. The number of hydrogen-bond donors (Lipinski definition) is 2. The lowest BCUT2D eigenvalue weighted by molar-refractivity contribution is -0.133. The summed E-state index contributed by atoms with van der Waals surface area (Å²) in [5.74, 6) is 0.763. The summed E-state index contributed by atoms with van der Waals surface area (Å²) in [6, 6.07) is 5.92. The molecule has 0 radical (unpaired) electrons. The van der Waals surface area contributed by atoms with E-state index in [0.717, 1.165) is 27.7 Å². The Morgan fingerprint density at radius 3 is 2.79 bits per heavy atom. The highest BCUT2D eigenvalue weighted by atomic mass is 127. The normalized spacial score (nSPS) is 28.0. The van der Waals surface area contributed by atoms with E-state index in [2.05, 4.69) is 35.6 Å². The lowest BCUT2D eigenvalue weighted by atomic mass is 9.86. The highest BCUT2D eigenvalue weighted by Gasteiger charge is 2.47. The molecule has 5 atom stereocenters. The van der Waals surface area contributed by atoms with Crippen LogP contribution < -0.4 is 4.74 Å². The van der Waals surface area contributed by atoms with Gasteiger partial charge in [0.2, 0.25) is 5.91 Å². The van der Waals surface area contributed by atoms with Crippen LogP contribution in [0.25, 0.3) is 0 Å². The first kappa shape index (κ1) is 23.0. The van der Waals surface area contributed by atoms with Crippen molar-refractivity contribution in [1.29, 1.82) is 0 Å². The first-order valence-electron chi connectivity index (χ1n) is 10.3. The molecule has 2 heterocycles. The molecule has 162 valence electrons. The van der Waals surface area contributed by atoms with Gasteiger partial charge in [0.15, 0.2) is 8.32 Å². The molecule has 1 aromatic carbocycles. The summed E-state index contributed by atoms with van der Waals surface area (Å²) in [4.78, 5) is 26.0. The van der Waals surface area contributed by atoms with Gasteiger partial charge in [-0.1, -0.05) is 6.92 Å². The van der Waals surface area contributed by atoms with Crippen molar-refractivity contribution in [3.8, 4) is 5.75 Å². The fourth-order valence-electron chi connectivity index (χ4n) is 4.78. The molecule has 29 heavy (non-hydrogen) atoms. The van der Waals surface area contributed by atoms with E-state index in [4.69, 9.17) is 9.47 Å². The van der Waals surface area contributed by atoms with Crippen LogP contribution in [0.1, 0.15) is 37.9 Å². The van der Waals surface area contributed by atoms with Crippen LogP contribution in [0.3, 0.4) is 0 Å². The molecule has 2 aliphatic rings. The van der Waals surface area contributed by atoms with Gasteiger partial charge in [0.25, 0.3) is 0 Å². The number of methoxy groups -OCH3 is 1. The van der Waals surface area contributed by atoms with Crippen molar-refractivity contribution in [2.45, 2.75) is 63.1 Å². The van der Waals surface area contributed by atoms with E-state index in [9.17, 15) is 14.7 Å². The molecule has 1 saturated heterocycles. The second-order valence-corrected chi connectivity index (χ2v) is 14.1. The van der Waals surface area contributed by atoms with Crippen molar-refractivity contribution >= 4 is 36.8 Å². The molecule has 2 aliphatic heterocycles. The zero-order chi connectivity index (χ0) is 21.3. The fraction of sp³-hybridized carbons (Fsp3) is 0.667. The summed E-state index contributed by atoms with van der Waals surface area (Å²) in [5.41, 5.74) is 0.751. The lowest BCUT2D eigenvalue weighted by Gasteiger charge is -2.44. The van der Waals surface area contributed by atoms with Crippen molar-refractivity contribution in [1.82, 2.24) is 4.90 Å². The van der Waals surface area contributed by atoms with E-state index in [-0.39, 0.29) is 48.6 Å². The quantitative estimate of drug-likeness (QED) is 0.434. The molecule has 2 N–H and O–H groups in total. The molecule has 8 heteroatoms. The van der Waals surface area contributed by atoms with Crippen molar-refractivity contribution < 1.29 is 24.2 Å². The number of fused-ring (bicyclic) bond motifs is 1. The van der Waals surface area contributed by atoms with E-state index in [1.54, 1.807) is 12.0 Å². The Hall–Kier alpha value is -0.683. The van der Waals surface area contributed by atoms with Crippen LogP contribution >= 0.6 is 22.6 Å². The number of aliphatic hydroxyl groups excluding tert-OH is 1. The summed E-state index contributed by atoms with van der Waals surface area (Å²) in [6.07, 6.45) is 1.52. The van der Waals surface area contributed by atoms with Crippen molar-refractivity contribution in [2.75, 3.05) is 20.3 Å². The molecule has 1 amide bonds. The van der Waals surface area contributed by atoms with Gasteiger partial charge in [-0.05, 0) is 66.7 Å². The van der Waals surface area contributed by atoms with Gasteiger partial charge in [0.05, 0.1) is 18.8 Å². The number of halogens is 1. The lowest BCUT2D eigenvalue weighted by Crippen LogP contribution is -2.50. The van der Waals surface area contributed by atoms with Crippen LogP contribution in [0.5, 0.6) is 5.75 Å². The van der Waals surface area contributed by atoms with Gasteiger partial charge in [-0.3, -0.25) is 4.79 Å².